The zero-order chi connectivity index (χ0) is 24.1. The van der Waals surface area contributed by atoms with E-state index in [0.29, 0.717) is 21.8 Å². The van der Waals surface area contributed by atoms with Crippen molar-refractivity contribution in [1.29, 1.82) is 0 Å². The molecule has 0 aliphatic carbocycles. The maximum atomic E-state index is 13.1. The van der Waals surface area contributed by atoms with Gasteiger partial charge in [-0.2, -0.15) is 0 Å². The second-order valence-electron chi connectivity index (χ2n) is 7.64. The number of aromatic nitrogens is 5. The van der Waals surface area contributed by atoms with Crippen LogP contribution in [-0.2, 0) is 10.5 Å². The Morgan fingerprint density at radius 1 is 0.941 bits per heavy atom. The van der Waals surface area contributed by atoms with Crippen molar-refractivity contribution in [3.05, 3.63) is 83.2 Å². The summed E-state index contributed by atoms with van der Waals surface area (Å²) < 4.78 is 15.0. The van der Waals surface area contributed by atoms with Gasteiger partial charge in [0.15, 0.2) is 10.3 Å². The summed E-state index contributed by atoms with van der Waals surface area (Å²) in [6.07, 6.45) is 0. The van der Waals surface area contributed by atoms with Crippen LogP contribution in [0.2, 0.25) is 0 Å². The van der Waals surface area contributed by atoms with Crippen molar-refractivity contribution in [2.75, 3.05) is 11.1 Å². The first-order chi connectivity index (χ1) is 16.4. The van der Waals surface area contributed by atoms with E-state index in [0.717, 1.165) is 28.5 Å². The third-order valence-electron chi connectivity index (χ3n) is 4.75. The summed E-state index contributed by atoms with van der Waals surface area (Å²) in [7, 11) is 0. The summed E-state index contributed by atoms with van der Waals surface area (Å²) >= 11 is 2.78. The number of thioether (sulfide) groups is 2. The molecule has 1 amide bonds. The van der Waals surface area contributed by atoms with Gasteiger partial charge in [0.1, 0.15) is 11.6 Å². The molecule has 34 heavy (non-hydrogen) atoms. The molecule has 4 rings (SSSR count). The molecule has 0 aliphatic heterocycles. The van der Waals surface area contributed by atoms with Gasteiger partial charge in [-0.15, -0.1) is 10.2 Å². The normalized spacial score (nSPS) is 10.9. The van der Waals surface area contributed by atoms with Crippen LogP contribution in [0.25, 0.3) is 5.69 Å². The van der Waals surface area contributed by atoms with Crippen molar-refractivity contribution in [3.8, 4) is 5.69 Å². The summed E-state index contributed by atoms with van der Waals surface area (Å²) in [5, 5.41) is 12.8. The predicted octanol–water partition coefficient (Wildman–Crippen LogP) is 5.14. The van der Waals surface area contributed by atoms with Gasteiger partial charge < -0.3 is 5.32 Å². The average molecular weight is 495 g/mol. The van der Waals surface area contributed by atoms with Crippen molar-refractivity contribution in [2.45, 2.75) is 36.8 Å². The summed E-state index contributed by atoms with van der Waals surface area (Å²) in [6, 6.07) is 15.6. The Hall–Kier alpha value is -3.24. The zero-order valence-corrected chi connectivity index (χ0v) is 20.6. The Morgan fingerprint density at radius 3 is 2.29 bits per heavy atom. The van der Waals surface area contributed by atoms with Crippen molar-refractivity contribution >= 4 is 35.1 Å². The lowest BCUT2D eigenvalue weighted by atomic mass is 10.2. The highest BCUT2D eigenvalue weighted by molar-refractivity contribution is 7.99. The van der Waals surface area contributed by atoms with Gasteiger partial charge in [-0.25, -0.2) is 14.4 Å². The Labute approximate surface area is 205 Å². The Bertz CT molecular complexity index is 1270. The molecule has 0 unspecified atom stereocenters. The number of nitrogens with zero attached hydrogens (tertiary/aromatic N) is 5. The molecule has 0 saturated heterocycles. The molecule has 1 N–H and O–H groups in total. The van der Waals surface area contributed by atoms with E-state index in [4.69, 9.17) is 0 Å². The maximum absolute atomic E-state index is 13.1. The van der Waals surface area contributed by atoms with Crippen LogP contribution < -0.4 is 5.32 Å². The second-order valence-corrected chi connectivity index (χ2v) is 9.52. The van der Waals surface area contributed by atoms with Gasteiger partial charge in [0.05, 0.1) is 11.5 Å². The average Bonchev–Trinajstić information content (AvgIpc) is 3.20. The molecular weight excluding hydrogens is 471 g/mol. The molecule has 0 fully saturated rings. The number of hydrogen-bond acceptors (Lipinski definition) is 7. The van der Waals surface area contributed by atoms with Crippen molar-refractivity contribution < 1.29 is 9.18 Å². The summed E-state index contributed by atoms with van der Waals surface area (Å²) in [4.78, 5) is 21.4. The molecule has 2 aromatic heterocycles. The summed E-state index contributed by atoms with van der Waals surface area (Å²) in [5.74, 6) is 0.823. The van der Waals surface area contributed by atoms with Crippen molar-refractivity contribution in [2.24, 2.45) is 0 Å². The number of hydrogen-bond donors (Lipinski definition) is 1. The Kier molecular flexibility index (Phi) is 7.59. The smallest absolute Gasteiger partial charge is 0.234 e. The number of aryl methyl sites for hydroxylation is 3. The topological polar surface area (TPSA) is 85.6 Å². The van der Waals surface area contributed by atoms with Crippen LogP contribution in [0, 0.1) is 26.6 Å². The highest BCUT2D eigenvalue weighted by Crippen LogP contribution is 2.26. The largest absolute Gasteiger partial charge is 0.325 e. The highest BCUT2D eigenvalue weighted by Gasteiger charge is 2.17. The third kappa shape index (κ3) is 6.21. The number of nitrogens with one attached hydrogen (secondary N) is 1. The molecule has 10 heteroatoms. The van der Waals surface area contributed by atoms with Gasteiger partial charge in [-0.1, -0.05) is 41.2 Å². The van der Waals surface area contributed by atoms with E-state index < -0.39 is 0 Å². The van der Waals surface area contributed by atoms with E-state index in [-0.39, 0.29) is 17.5 Å². The Morgan fingerprint density at radius 2 is 1.62 bits per heavy atom. The fourth-order valence-electron chi connectivity index (χ4n) is 3.19. The van der Waals surface area contributed by atoms with E-state index in [1.54, 1.807) is 0 Å². The van der Waals surface area contributed by atoms with E-state index >= 15 is 0 Å². The lowest BCUT2D eigenvalue weighted by Crippen LogP contribution is -2.14. The molecule has 0 spiro atoms. The van der Waals surface area contributed by atoms with Crippen LogP contribution in [0.4, 0.5) is 10.1 Å². The minimum Gasteiger partial charge on any atom is -0.325 e. The molecule has 0 saturated carbocycles. The van der Waals surface area contributed by atoms with Crippen LogP contribution >= 0.6 is 23.5 Å². The lowest BCUT2D eigenvalue weighted by Gasteiger charge is -2.11. The molecule has 2 heterocycles. The van der Waals surface area contributed by atoms with Gasteiger partial charge in [-0.3, -0.25) is 9.36 Å². The number of halogens is 1. The number of carbonyl (C=O) groups is 1. The predicted molar refractivity (Wildman–Crippen MR) is 133 cm³/mol. The minimum atomic E-state index is -0.352. The van der Waals surface area contributed by atoms with Crippen LogP contribution in [-0.4, -0.2) is 36.4 Å². The SMILES string of the molecule is Cc1ccc(-n2c(CSc3nc(C)cc(C)n3)nnc2SCC(=O)Nc2ccc(F)cc2)cc1. The molecule has 174 valence electrons. The monoisotopic (exact) mass is 494 g/mol. The van der Waals surface area contributed by atoms with E-state index in [9.17, 15) is 9.18 Å². The Balaban J connectivity index is 1.52. The van der Waals surface area contributed by atoms with Crippen LogP contribution in [0.3, 0.4) is 0 Å². The molecular formula is C24H23FN6OS2. The van der Waals surface area contributed by atoms with Gasteiger partial charge in [0.25, 0.3) is 0 Å². The third-order valence-corrected chi connectivity index (χ3v) is 6.52. The van der Waals surface area contributed by atoms with Crippen LogP contribution in [0.5, 0.6) is 0 Å². The number of amides is 1. The van der Waals surface area contributed by atoms with Gasteiger partial charge >= 0.3 is 0 Å². The first-order valence-electron chi connectivity index (χ1n) is 10.5. The van der Waals surface area contributed by atoms with E-state index in [2.05, 4.69) is 25.5 Å². The lowest BCUT2D eigenvalue weighted by molar-refractivity contribution is -0.113. The molecule has 2 aromatic carbocycles. The molecule has 0 aliphatic rings. The van der Waals surface area contributed by atoms with Crippen LogP contribution in [0.15, 0.2) is 64.9 Å². The fraction of sp³-hybridized carbons (Fsp3) is 0.208. The summed E-state index contributed by atoms with van der Waals surface area (Å²) in [5.41, 5.74) is 4.42. The van der Waals surface area contributed by atoms with Crippen molar-refractivity contribution in [1.82, 2.24) is 24.7 Å². The first-order valence-corrected chi connectivity index (χ1v) is 12.5. The first kappa shape index (κ1) is 23.9. The fourth-order valence-corrected chi connectivity index (χ4v) is 4.82. The van der Waals surface area contributed by atoms with E-state index in [1.165, 1.54) is 47.8 Å². The highest BCUT2D eigenvalue weighted by atomic mass is 32.2. The molecule has 0 bridgehead atoms. The standard InChI is InChI=1S/C24H23FN6OS2/c1-15-4-10-20(11-5-15)31-21(13-33-23-26-16(2)12-17(3)27-23)29-30-24(31)34-14-22(32)28-19-8-6-18(25)7-9-19/h4-12H,13-14H2,1-3H3,(H,28,32). The van der Waals surface area contributed by atoms with Gasteiger partial charge in [0.2, 0.25) is 5.91 Å². The second kappa shape index (κ2) is 10.8. The maximum Gasteiger partial charge on any atom is 0.234 e. The zero-order valence-electron chi connectivity index (χ0n) is 18.9. The molecule has 7 nitrogen and oxygen atoms in total. The molecule has 0 radical (unpaired) electrons. The quantitative estimate of drug-likeness (QED) is 0.268. The van der Waals surface area contributed by atoms with Gasteiger partial charge in [0, 0.05) is 22.8 Å². The van der Waals surface area contributed by atoms with Crippen molar-refractivity contribution in [3.63, 3.8) is 0 Å². The molecule has 4 aromatic rings. The minimum absolute atomic E-state index is 0.134. The molecule has 0 atom stereocenters. The number of rotatable bonds is 8. The summed E-state index contributed by atoms with van der Waals surface area (Å²) in [6.45, 7) is 5.91. The number of anilines is 1. The number of carbonyl (C=O) groups excluding carboxylic acids is 1. The van der Waals surface area contributed by atoms with Crippen LogP contribution in [0.1, 0.15) is 22.8 Å². The number of benzene rings is 2. The van der Waals surface area contributed by atoms with E-state index in [1.807, 2.05) is 55.7 Å². The van der Waals surface area contributed by atoms with Gasteiger partial charge in [-0.05, 0) is 63.2 Å².